The van der Waals surface area contributed by atoms with E-state index in [2.05, 4.69) is 0 Å². The molecule has 1 saturated heterocycles. The van der Waals surface area contributed by atoms with Crippen LogP contribution in [0.2, 0.25) is 0 Å². The van der Waals surface area contributed by atoms with Gasteiger partial charge in [-0.15, -0.1) is 0 Å². The smallest absolute Gasteiger partial charge is 0.326 e. The van der Waals surface area contributed by atoms with Crippen LogP contribution in [0.15, 0.2) is 0 Å². The second kappa shape index (κ2) is 4.80. The van der Waals surface area contributed by atoms with Gasteiger partial charge in [-0.05, 0) is 12.8 Å². The van der Waals surface area contributed by atoms with Gasteiger partial charge in [0, 0.05) is 13.7 Å². The van der Waals surface area contributed by atoms with Crippen LogP contribution in [-0.4, -0.2) is 53.7 Å². The van der Waals surface area contributed by atoms with Crippen LogP contribution in [0.25, 0.3) is 0 Å². The zero-order chi connectivity index (χ0) is 12.3. The molecule has 0 radical (unpaired) electrons. The maximum absolute atomic E-state index is 12.0. The minimum atomic E-state index is -1.06. The molecule has 1 aliphatic heterocycles. The van der Waals surface area contributed by atoms with Crippen LogP contribution in [0.5, 0.6) is 0 Å². The third-order valence-electron chi connectivity index (χ3n) is 2.94. The van der Waals surface area contributed by atoms with Gasteiger partial charge in [0.2, 0.25) is 5.91 Å². The summed E-state index contributed by atoms with van der Waals surface area (Å²) in [5.74, 6) is -1.37. The summed E-state index contributed by atoms with van der Waals surface area (Å²) in [7, 11) is 1.47. The normalized spacial score (nSPS) is 26.4. The highest BCUT2D eigenvalue weighted by molar-refractivity contribution is 5.90. The lowest BCUT2D eigenvalue weighted by Crippen LogP contribution is -2.58. The zero-order valence-electron chi connectivity index (χ0n) is 9.60. The minimum absolute atomic E-state index is 0.159. The summed E-state index contributed by atoms with van der Waals surface area (Å²) in [6.45, 7) is 2.32. The summed E-state index contributed by atoms with van der Waals surface area (Å²) >= 11 is 0. The SMILES string of the molecule is CCC(C(=O)O)N(C)C(=O)C1(N)CCOC1. The fraction of sp³-hybridized carbons (Fsp3) is 0.800. The van der Waals surface area contributed by atoms with Gasteiger partial charge in [-0.2, -0.15) is 0 Å². The summed E-state index contributed by atoms with van der Waals surface area (Å²) in [6, 6.07) is -0.825. The molecule has 16 heavy (non-hydrogen) atoms. The second-order valence-electron chi connectivity index (χ2n) is 4.14. The van der Waals surface area contributed by atoms with Crippen molar-refractivity contribution in [1.29, 1.82) is 0 Å². The standard InChI is InChI=1S/C10H18N2O4/c1-3-7(8(13)14)12(2)9(15)10(11)4-5-16-6-10/h7H,3-6,11H2,1-2H3,(H,13,14). The number of nitrogens with zero attached hydrogens (tertiary/aromatic N) is 1. The average molecular weight is 230 g/mol. The maximum Gasteiger partial charge on any atom is 0.326 e. The number of rotatable bonds is 4. The van der Waals surface area contributed by atoms with Gasteiger partial charge in [0.05, 0.1) is 6.61 Å². The number of hydrogen-bond donors (Lipinski definition) is 2. The van der Waals surface area contributed by atoms with Gasteiger partial charge in [-0.1, -0.05) is 6.92 Å². The molecule has 2 atom stereocenters. The van der Waals surface area contributed by atoms with Crippen molar-refractivity contribution in [2.75, 3.05) is 20.3 Å². The molecule has 1 amide bonds. The first kappa shape index (κ1) is 12.9. The largest absolute Gasteiger partial charge is 0.480 e. The van der Waals surface area contributed by atoms with Gasteiger partial charge in [0.25, 0.3) is 0 Å². The lowest BCUT2D eigenvalue weighted by Gasteiger charge is -2.31. The van der Waals surface area contributed by atoms with Crippen LogP contribution in [0.1, 0.15) is 19.8 Å². The molecule has 1 fully saturated rings. The molecule has 6 nitrogen and oxygen atoms in total. The van der Waals surface area contributed by atoms with Crippen LogP contribution >= 0.6 is 0 Å². The summed E-state index contributed by atoms with van der Waals surface area (Å²) in [4.78, 5) is 24.2. The number of carboxylic acid groups (broad SMARTS) is 1. The van der Waals surface area contributed by atoms with Crippen molar-refractivity contribution in [3.05, 3.63) is 0 Å². The van der Waals surface area contributed by atoms with Crippen molar-refractivity contribution in [2.45, 2.75) is 31.3 Å². The van der Waals surface area contributed by atoms with Crippen LogP contribution in [0, 0.1) is 0 Å². The Morgan fingerprint density at radius 2 is 2.25 bits per heavy atom. The Hall–Kier alpha value is -1.14. The van der Waals surface area contributed by atoms with Gasteiger partial charge < -0.3 is 20.5 Å². The Morgan fingerprint density at radius 3 is 2.62 bits per heavy atom. The van der Waals surface area contributed by atoms with E-state index in [0.29, 0.717) is 19.4 Å². The van der Waals surface area contributed by atoms with E-state index in [0.717, 1.165) is 0 Å². The molecule has 0 aromatic heterocycles. The van der Waals surface area contributed by atoms with E-state index in [9.17, 15) is 9.59 Å². The average Bonchev–Trinajstić information content (AvgIpc) is 2.65. The fourth-order valence-electron chi connectivity index (χ4n) is 1.86. The molecule has 0 aromatic carbocycles. The topological polar surface area (TPSA) is 92.9 Å². The first-order valence-electron chi connectivity index (χ1n) is 5.29. The molecule has 1 aliphatic rings. The molecule has 1 heterocycles. The van der Waals surface area contributed by atoms with Gasteiger partial charge in [-0.25, -0.2) is 4.79 Å². The summed E-state index contributed by atoms with van der Waals surface area (Å²) in [6.07, 6.45) is 0.792. The number of hydrogen-bond acceptors (Lipinski definition) is 4. The van der Waals surface area contributed by atoms with E-state index in [1.54, 1.807) is 6.92 Å². The number of aliphatic carboxylic acids is 1. The fourth-order valence-corrected chi connectivity index (χ4v) is 1.86. The molecule has 0 spiro atoms. The number of nitrogens with two attached hydrogens (primary N) is 1. The van der Waals surface area contributed by atoms with Gasteiger partial charge in [0.1, 0.15) is 11.6 Å². The lowest BCUT2D eigenvalue weighted by atomic mass is 9.97. The molecule has 1 rings (SSSR count). The van der Waals surface area contributed by atoms with E-state index in [-0.39, 0.29) is 12.5 Å². The van der Waals surface area contributed by atoms with E-state index >= 15 is 0 Å². The summed E-state index contributed by atoms with van der Waals surface area (Å²) < 4.78 is 5.09. The third kappa shape index (κ3) is 2.33. The van der Waals surface area contributed by atoms with Gasteiger partial charge in [-0.3, -0.25) is 4.79 Å². The highest BCUT2D eigenvalue weighted by atomic mass is 16.5. The molecule has 0 bridgehead atoms. The number of carboxylic acids is 1. The van der Waals surface area contributed by atoms with Crippen LogP contribution in [-0.2, 0) is 14.3 Å². The molecule has 0 saturated carbocycles. The molecule has 92 valence electrons. The van der Waals surface area contributed by atoms with Crippen LogP contribution in [0.4, 0.5) is 0 Å². The monoisotopic (exact) mass is 230 g/mol. The van der Waals surface area contributed by atoms with Gasteiger partial charge >= 0.3 is 5.97 Å². The molecular formula is C10H18N2O4. The van der Waals surface area contributed by atoms with E-state index < -0.39 is 17.6 Å². The van der Waals surface area contributed by atoms with Crippen molar-refractivity contribution in [2.24, 2.45) is 5.73 Å². The number of carbonyl (C=O) groups excluding carboxylic acids is 1. The number of amides is 1. The predicted octanol–water partition coefficient (Wildman–Crippen LogP) is -0.574. The molecule has 0 aliphatic carbocycles. The van der Waals surface area contributed by atoms with Crippen LogP contribution < -0.4 is 5.73 Å². The number of carbonyl (C=O) groups is 2. The maximum atomic E-state index is 12.0. The molecular weight excluding hydrogens is 212 g/mol. The van der Waals surface area contributed by atoms with Crippen molar-refractivity contribution in [1.82, 2.24) is 4.90 Å². The highest BCUT2D eigenvalue weighted by Crippen LogP contribution is 2.19. The molecule has 3 N–H and O–H groups in total. The second-order valence-corrected chi connectivity index (χ2v) is 4.14. The van der Waals surface area contributed by atoms with Crippen molar-refractivity contribution >= 4 is 11.9 Å². The summed E-state index contributed by atoms with van der Waals surface area (Å²) in [5.41, 5.74) is 4.83. The summed E-state index contributed by atoms with van der Waals surface area (Å²) in [5, 5.41) is 8.95. The zero-order valence-corrected chi connectivity index (χ0v) is 9.60. The quantitative estimate of drug-likeness (QED) is 0.674. The number of likely N-dealkylation sites (N-methyl/N-ethyl adjacent to an activating group) is 1. The number of ether oxygens (including phenoxy) is 1. The van der Waals surface area contributed by atoms with Crippen molar-refractivity contribution < 1.29 is 19.4 Å². The van der Waals surface area contributed by atoms with Gasteiger partial charge in [0.15, 0.2) is 0 Å². The third-order valence-corrected chi connectivity index (χ3v) is 2.94. The van der Waals surface area contributed by atoms with E-state index in [1.165, 1.54) is 11.9 Å². The Morgan fingerprint density at radius 1 is 1.62 bits per heavy atom. The minimum Gasteiger partial charge on any atom is -0.480 e. The van der Waals surface area contributed by atoms with Crippen molar-refractivity contribution in [3.8, 4) is 0 Å². The first-order valence-corrected chi connectivity index (χ1v) is 5.29. The predicted molar refractivity (Wildman–Crippen MR) is 56.8 cm³/mol. The van der Waals surface area contributed by atoms with Crippen LogP contribution in [0.3, 0.4) is 0 Å². The highest BCUT2D eigenvalue weighted by Gasteiger charge is 2.42. The lowest BCUT2D eigenvalue weighted by molar-refractivity contribution is -0.151. The Kier molecular flexibility index (Phi) is 3.88. The van der Waals surface area contributed by atoms with E-state index in [4.69, 9.17) is 15.6 Å². The molecule has 2 unspecified atom stereocenters. The van der Waals surface area contributed by atoms with Crippen molar-refractivity contribution in [3.63, 3.8) is 0 Å². The molecule has 0 aromatic rings. The Balaban J connectivity index is 2.76. The molecule has 6 heteroatoms. The Labute approximate surface area is 94.3 Å². The first-order chi connectivity index (χ1) is 7.42. The Bertz CT molecular complexity index is 287. The van der Waals surface area contributed by atoms with E-state index in [1.807, 2.05) is 0 Å².